The molecule has 0 spiro atoms. The van der Waals surface area contributed by atoms with Gasteiger partial charge in [0.15, 0.2) is 0 Å². The summed E-state index contributed by atoms with van der Waals surface area (Å²) in [6, 6.07) is -0.236. The summed E-state index contributed by atoms with van der Waals surface area (Å²) in [5.41, 5.74) is 0. The Balaban J connectivity index is 3.13. The van der Waals surface area contributed by atoms with Gasteiger partial charge in [-0.3, -0.25) is 0 Å². The van der Waals surface area contributed by atoms with E-state index in [-0.39, 0.29) is 6.03 Å². The zero-order chi connectivity index (χ0) is 7.82. The average molecular weight is 163 g/mol. The van der Waals surface area contributed by atoms with Crippen molar-refractivity contribution in [1.29, 1.82) is 0 Å². The summed E-state index contributed by atoms with van der Waals surface area (Å²) in [5.74, 6) is 0.564. The highest BCUT2D eigenvalue weighted by atomic mass is 35.5. The lowest BCUT2D eigenvalue weighted by Crippen LogP contribution is -2.32. The van der Waals surface area contributed by atoms with E-state index < -0.39 is 0 Å². The summed E-state index contributed by atoms with van der Waals surface area (Å²) >= 11 is 5.37. The lowest BCUT2D eigenvalue weighted by molar-refractivity contribution is 0.244. The summed E-state index contributed by atoms with van der Waals surface area (Å²) in [6.45, 7) is 3.93. The molecule has 0 bridgehead atoms. The molecule has 0 aliphatic heterocycles. The molecule has 0 fully saturated rings. The molecule has 0 atom stereocenters. The van der Waals surface area contributed by atoms with Crippen LogP contribution < -0.4 is 10.6 Å². The Hall–Kier alpha value is -0.700. The fourth-order valence-electron chi connectivity index (χ4n) is 0.412. The Labute approximate surface area is 65.4 Å². The van der Waals surface area contributed by atoms with E-state index in [0.29, 0.717) is 12.4 Å². The van der Waals surface area contributed by atoms with Gasteiger partial charge in [-0.25, -0.2) is 4.79 Å². The zero-order valence-electron chi connectivity index (χ0n) is 5.69. The molecule has 3 nitrogen and oxygen atoms in total. The first-order valence-corrected chi connectivity index (χ1v) is 3.56. The monoisotopic (exact) mass is 162 g/mol. The van der Waals surface area contributed by atoms with Gasteiger partial charge in [0.2, 0.25) is 0 Å². The number of nitrogens with one attached hydrogen (secondary N) is 2. The SMILES string of the molecule is C=CNC(=O)NCCCCl. The highest BCUT2D eigenvalue weighted by molar-refractivity contribution is 6.17. The van der Waals surface area contributed by atoms with Crippen LogP contribution in [0.4, 0.5) is 4.79 Å². The molecule has 0 unspecified atom stereocenters. The molecule has 0 aromatic carbocycles. The third-order valence-electron chi connectivity index (χ3n) is 0.829. The maximum Gasteiger partial charge on any atom is 0.318 e. The number of urea groups is 1. The molecule has 10 heavy (non-hydrogen) atoms. The van der Waals surface area contributed by atoms with E-state index in [9.17, 15) is 4.79 Å². The average Bonchev–Trinajstić information content (AvgIpc) is 1.89. The smallest absolute Gasteiger partial charge is 0.318 e. The van der Waals surface area contributed by atoms with E-state index >= 15 is 0 Å². The second-order valence-corrected chi connectivity index (χ2v) is 2.02. The van der Waals surface area contributed by atoms with Crippen molar-refractivity contribution in [3.63, 3.8) is 0 Å². The number of carbonyl (C=O) groups excluding carboxylic acids is 1. The highest BCUT2D eigenvalue weighted by Crippen LogP contribution is 1.80. The summed E-state index contributed by atoms with van der Waals surface area (Å²) in [7, 11) is 0. The Morgan fingerprint density at radius 3 is 2.90 bits per heavy atom. The lowest BCUT2D eigenvalue weighted by atomic mass is 10.5. The van der Waals surface area contributed by atoms with Gasteiger partial charge in [-0.2, -0.15) is 0 Å². The molecule has 0 saturated heterocycles. The second-order valence-electron chi connectivity index (χ2n) is 1.65. The van der Waals surface area contributed by atoms with Crippen LogP contribution in [0.3, 0.4) is 0 Å². The molecular weight excluding hydrogens is 152 g/mol. The summed E-state index contributed by atoms with van der Waals surface area (Å²) in [4.78, 5) is 10.6. The number of hydrogen-bond acceptors (Lipinski definition) is 1. The van der Waals surface area contributed by atoms with E-state index in [1.165, 1.54) is 6.20 Å². The molecule has 0 rings (SSSR count). The van der Waals surface area contributed by atoms with Crippen molar-refractivity contribution in [2.45, 2.75) is 6.42 Å². The fourth-order valence-corrected chi connectivity index (χ4v) is 0.546. The standard InChI is InChI=1S/C6H11ClN2O/c1-2-8-6(10)9-5-3-4-7/h2H,1,3-5H2,(H2,8,9,10). The quantitative estimate of drug-likeness (QED) is 0.471. The topological polar surface area (TPSA) is 41.1 Å². The first kappa shape index (κ1) is 9.30. The largest absolute Gasteiger partial charge is 0.338 e. The van der Waals surface area contributed by atoms with Crippen LogP contribution in [0.2, 0.25) is 0 Å². The van der Waals surface area contributed by atoms with E-state index in [0.717, 1.165) is 6.42 Å². The van der Waals surface area contributed by atoms with Crippen LogP contribution in [0, 0.1) is 0 Å². The van der Waals surface area contributed by atoms with Crippen molar-refractivity contribution in [3.05, 3.63) is 12.8 Å². The Kier molecular flexibility index (Phi) is 5.97. The predicted molar refractivity (Wildman–Crippen MR) is 42.1 cm³/mol. The van der Waals surface area contributed by atoms with Crippen LogP contribution in [0.25, 0.3) is 0 Å². The Bertz CT molecular complexity index is 116. The number of rotatable bonds is 4. The van der Waals surface area contributed by atoms with Gasteiger partial charge in [0.25, 0.3) is 0 Å². The minimum Gasteiger partial charge on any atom is -0.338 e. The van der Waals surface area contributed by atoms with Gasteiger partial charge in [0.1, 0.15) is 0 Å². The summed E-state index contributed by atoms with van der Waals surface area (Å²) in [6.07, 6.45) is 2.11. The maximum absolute atomic E-state index is 10.6. The number of halogens is 1. The van der Waals surface area contributed by atoms with Crippen molar-refractivity contribution in [1.82, 2.24) is 10.6 Å². The molecule has 0 aromatic rings. The number of amides is 2. The van der Waals surface area contributed by atoms with E-state index in [1.807, 2.05) is 0 Å². The zero-order valence-corrected chi connectivity index (χ0v) is 6.45. The van der Waals surface area contributed by atoms with Crippen molar-refractivity contribution in [2.75, 3.05) is 12.4 Å². The second kappa shape index (κ2) is 6.42. The Morgan fingerprint density at radius 2 is 2.40 bits per heavy atom. The third-order valence-corrected chi connectivity index (χ3v) is 1.10. The molecule has 2 amide bonds. The molecule has 2 N–H and O–H groups in total. The van der Waals surface area contributed by atoms with Crippen LogP contribution in [-0.2, 0) is 0 Å². The van der Waals surface area contributed by atoms with E-state index in [4.69, 9.17) is 11.6 Å². The minimum absolute atomic E-state index is 0.236. The molecule has 0 aromatic heterocycles. The van der Waals surface area contributed by atoms with Crippen molar-refractivity contribution < 1.29 is 4.79 Å². The van der Waals surface area contributed by atoms with Gasteiger partial charge in [0.05, 0.1) is 0 Å². The maximum atomic E-state index is 10.6. The number of alkyl halides is 1. The molecule has 58 valence electrons. The lowest BCUT2D eigenvalue weighted by Gasteiger charge is -2.00. The van der Waals surface area contributed by atoms with E-state index in [2.05, 4.69) is 17.2 Å². The van der Waals surface area contributed by atoms with Crippen LogP contribution in [-0.4, -0.2) is 18.5 Å². The normalized spacial score (nSPS) is 8.50. The van der Waals surface area contributed by atoms with Gasteiger partial charge in [-0.05, 0) is 12.6 Å². The Morgan fingerprint density at radius 1 is 1.70 bits per heavy atom. The van der Waals surface area contributed by atoms with Gasteiger partial charge in [-0.15, -0.1) is 11.6 Å². The molecule has 0 aliphatic rings. The fraction of sp³-hybridized carbons (Fsp3) is 0.500. The molecule has 0 aliphatic carbocycles. The van der Waals surface area contributed by atoms with Crippen LogP contribution >= 0.6 is 11.6 Å². The van der Waals surface area contributed by atoms with Gasteiger partial charge >= 0.3 is 6.03 Å². The van der Waals surface area contributed by atoms with E-state index in [1.54, 1.807) is 0 Å². The van der Waals surface area contributed by atoms with Gasteiger partial charge in [-0.1, -0.05) is 6.58 Å². The summed E-state index contributed by atoms with van der Waals surface area (Å²) in [5, 5.41) is 4.95. The molecule has 4 heteroatoms. The molecule has 0 saturated carbocycles. The van der Waals surface area contributed by atoms with Crippen molar-refractivity contribution in [2.24, 2.45) is 0 Å². The minimum atomic E-state index is -0.236. The summed E-state index contributed by atoms with van der Waals surface area (Å²) < 4.78 is 0. The first-order chi connectivity index (χ1) is 4.81. The van der Waals surface area contributed by atoms with Gasteiger partial charge in [0, 0.05) is 12.4 Å². The third kappa shape index (κ3) is 5.44. The van der Waals surface area contributed by atoms with Crippen LogP contribution in [0.1, 0.15) is 6.42 Å². The molecule has 0 heterocycles. The number of carbonyl (C=O) groups is 1. The van der Waals surface area contributed by atoms with Crippen LogP contribution in [0.15, 0.2) is 12.8 Å². The van der Waals surface area contributed by atoms with Crippen LogP contribution in [0.5, 0.6) is 0 Å². The molecular formula is C6H11ClN2O. The first-order valence-electron chi connectivity index (χ1n) is 3.02. The molecule has 0 radical (unpaired) electrons. The van der Waals surface area contributed by atoms with Crippen molar-refractivity contribution >= 4 is 17.6 Å². The van der Waals surface area contributed by atoms with Crippen molar-refractivity contribution in [3.8, 4) is 0 Å². The highest BCUT2D eigenvalue weighted by Gasteiger charge is 1.92. The number of hydrogen-bond donors (Lipinski definition) is 2. The predicted octanol–water partition coefficient (Wildman–Crippen LogP) is 1.06. The van der Waals surface area contributed by atoms with Gasteiger partial charge < -0.3 is 10.6 Å².